The minimum Gasteiger partial charge on any atom is -0.504 e. The summed E-state index contributed by atoms with van der Waals surface area (Å²) in [6, 6.07) is 4.23. The van der Waals surface area contributed by atoms with Crippen LogP contribution in [0.4, 0.5) is 0 Å². The Labute approximate surface area is 105 Å². The van der Waals surface area contributed by atoms with E-state index in [4.69, 9.17) is 0 Å². The highest BCUT2D eigenvalue weighted by Crippen LogP contribution is 2.32. The van der Waals surface area contributed by atoms with E-state index in [1.54, 1.807) is 0 Å². The van der Waals surface area contributed by atoms with Gasteiger partial charge in [-0.3, -0.25) is 4.79 Å². The molecular weight excluding hydrogens is 234 g/mol. The molecule has 0 heterocycles. The summed E-state index contributed by atoms with van der Waals surface area (Å²) in [5.74, 6) is -1.23. The van der Waals surface area contributed by atoms with Gasteiger partial charge in [0.25, 0.3) is 5.91 Å². The fraction of sp³-hybridized carbons (Fsp3) is 0.462. The van der Waals surface area contributed by atoms with E-state index >= 15 is 0 Å². The molecule has 98 valence electrons. The van der Waals surface area contributed by atoms with E-state index in [0.717, 1.165) is 25.7 Å². The van der Waals surface area contributed by atoms with Gasteiger partial charge in [-0.2, -0.15) is 0 Å². The highest BCUT2D eigenvalue weighted by Gasteiger charge is 2.35. The summed E-state index contributed by atoms with van der Waals surface area (Å²) in [7, 11) is 0. The van der Waals surface area contributed by atoms with Crippen molar-refractivity contribution in [2.75, 3.05) is 6.61 Å². The first-order valence-electron chi connectivity index (χ1n) is 6.02. The van der Waals surface area contributed by atoms with Crippen LogP contribution in [0.3, 0.4) is 0 Å². The van der Waals surface area contributed by atoms with Crippen molar-refractivity contribution in [3.05, 3.63) is 23.8 Å². The third-order valence-electron chi connectivity index (χ3n) is 3.50. The number of aliphatic hydroxyl groups is 1. The Hall–Kier alpha value is -1.75. The molecule has 1 aliphatic rings. The number of phenols is 2. The van der Waals surface area contributed by atoms with Crippen molar-refractivity contribution in [1.29, 1.82) is 0 Å². The average molecular weight is 251 g/mol. The second-order valence-corrected chi connectivity index (χ2v) is 4.77. The predicted molar refractivity (Wildman–Crippen MR) is 65.5 cm³/mol. The molecule has 0 aliphatic heterocycles. The van der Waals surface area contributed by atoms with Crippen LogP contribution < -0.4 is 5.32 Å². The molecule has 0 bridgehead atoms. The smallest absolute Gasteiger partial charge is 0.255 e. The van der Waals surface area contributed by atoms with Gasteiger partial charge in [0, 0.05) is 0 Å². The Balaban J connectivity index is 2.19. The normalized spacial score (nSPS) is 17.6. The SMILES string of the molecule is O=C(NC1(CO)CCCC1)c1cccc(O)c1O. The summed E-state index contributed by atoms with van der Waals surface area (Å²) < 4.78 is 0. The Morgan fingerprint density at radius 3 is 2.56 bits per heavy atom. The highest BCUT2D eigenvalue weighted by molar-refractivity contribution is 5.98. The zero-order valence-corrected chi connectivity index (χ0v) is 10.0. The predicted octanol–water partition coefficient (Wildman–Crippen LogP) is 1.13. The average Bonchev–Trinajstić information content (AvgIpc) is 2.81. The Morgan fingerprint density at radius 2 is 1.94 bits per heavy atom. The van der Waals surface area contributed by atoms with Gasteiger partial charge in [0.15, 0.2) is 11.5 Å². The van der Waals surface area contributed by atoms with Crippen molar-refractivity contribution in [2.24, 2.45) is 0 Å². The van der Waals surface area contributed by atoms with Crippen LogP contribution in [0.15, 0.2) is 18.2 Å². The van der Waals surface area contributed by atoms with Crippen LogP contribution >= 0.6 is 0 Å². The highest BCUT2D eigenvalue weighted by atomic mass is 16.3. The lowest BCUT2D eigenvalue weighted by Crippen LogP contribution is -2.49. The van der Waals surface area contributed by atoms with E-state index < -0.39 is 17.2 Å². The van der Waals surface area contributed by atoms with E-state index in [1.807, 2.05) is 0 Å². The Morgan fingerprint density at radius 1 is 1.28 bits per heavy atom. The number of phenolic OH excluding ortho intramolecular Hbond substituents is 2. The zero-order valence-electron chi connectivity index (χ0n) is 10.0. The Kier molecular flexibility index (Phi) is 3.43. The summed E-state index contributed by atoms with van der Waals surface area (Å²) in [6.07, 6.45) is 3.39. The number of benzene rings is 1. The second kappa shape index (κ2) is 4.86. The number of para-hydroxylation sites is 1. The summed E-state index contributed by atoms with van der Waals surface area (Å²) in [4.78, 5) is 12.0. The number of rotatable bonds is 3. The van der Waals surface area contributed by atoms with E-state index in [2.05, 4.69) is 5.32 Å². The molecule has 0 spiro atoms. The molecule has 1 fully saturated rings. The summed E-state index contributed by atoms with van der Waals surface area (Å²) in [6.45, 7) is -0.113. The molecule has 0 unspecified atom stereocenters. The maximum atomic E-state index is 12.0. The molecule has 0 saturated heterocycles. The quantitative estimate of drug-likeness (QED) is 0.606. The lowest BCUT2D eigenvalue weighted by molar-refractivity contribution is 0.0835. The maximum absolute atomic E-state index is 12.0. The number of aliphatic hydroxyl groups excluding tert-OH is 1. The van der Waals surface area contributed by atoms with Crippen LogP contribution in [0.1, 0.15) is 36.0 Å². The first kappa shape index (κ1) is 12.7. The van der Waals surface area contributed by atoms with Crippen molar-refractivity contribution in [1.82, 2.24) is 5.32 Å². The first-order chi connectivity index (χ1) is 8.58. The number of carbonyl (C=O) groups is 1. The number of aromatic hydroxyl groups is 2. The van der Waals surface area contributed by atoms with Gasteiger partial charge in [-0.15, -0.1) is 0 Å². The minimum atomic E-state index is -0.588. The molecule has 1 amide bonds. The second-order valence-electron chi connectivity index (χ2n) is 4.77. The van der Waals surface area contributed by atoms with Crippen LogP contribution in [0.5, 0.6) is 11.5 Å². The fourth-order valence-corrected chi connectivity index (χ4v) is 2.40. The third-order valence-corrected chi connectivity index (χ3v) is 3.50. The van der Waals surface area contributed by atoms with E-state index in [0.29, 0.717) is 0 Å². The summed E-state index contributed by atoms with van der Waals surface area (Å²) >= 11 is 0. The van der Waals surface area contributed by atoms with Gasteiger partial charge >= 0.3 is 0 Å². The Bertz CT molecular complexity index is 452. The van der Waals surface area contributed by atoms with Gasteiger partial charge in [-0.25, -0.2) is 0 Å². The van der Waals surface area contributed by atoms with E-state index in [-0.39, 0.29) is 17.9 Å². The number of amides is 1. The number of carbonyl (C=O) groups excluding carboxylic acids is 1. The molecule has 1 aromatic carbocycles. The van der Waals surface area contributed by atoms with Crippen molar-refractivity contribution < 1.29 is 20.1 Å². The van der Waals surface area contributed by atoms with Crippen molar-refractivity contribution in [2.45, 2.75) is 31.2 Å². The zero-order chi connectivity index (χ0) is 13.2. The van der Waals surface area contributed by atoms with Crippen LogP contribution in [0.25, 0.3) is 0 Å². The third kappa shape index (κ3) is 2.26. The van der Waals surface area contributed by atoms with Crippen LogP contribution in [0.2, 0.25) is 0 Å². The molecule has 5 heteroatoms. The van der Waals surface area contributed by atoms with Crippen molar-refractivity contribution >= 4 is 5.91 Å². The standard InChI is InChI=1S/C13H17NO4/c15-8-13(6-1-2-7-13)14-12(18)9-4-3-5-10(16)11(9)17/h3-5,15-17H,1-2,6-8H2,(H,14,18). The van der Waals surface area contributed by atoms with Crippen molar-refractivity contribution in [3.8, 4) is 11.5 Å². The largest absolute Gasteiger partial charge is 0.504 e. The number of hydrogen-bond acceptors (Lipinski definition) is 4. The lowest BCUT2D eigenvalue weighted by atomic mass is 9.98. The van der Waals surface area contributed by atoms with Gasteiger partial charge in [0.1, 0.15) is 0 Å². The van der Waals surface area contributed by atoms with E-state index in [9.17, 15) is 20.1 Å². The topological polar surface area (TPSA) is 89.8 Å². The maximum Gasteiger partial charge on any atom is 0.255 e. The molecule has 0 radical (unpaired) electrons. The van der Waals surface area contributed by atoms with Gasteiger partial charge in [0.2, 0.25) is 0 Å². The number of nitrogens with one attached hydrogen (secondary N) is 1. The molecule has 1 saturated carbocycles. The lowest BCUT2D eigenvalue weighted by Gasteiger charge is -2.28. The monoisotopic (exact) mass is 251 g/mol. The van der Waals surface area contributed by atoms with E-state index in [1.165, 1.54) is 18.2 Å². The molecule has 1 aliphatic carbocycles. The summed E-state index contributed by atoms with van der Waals surface area (Å²) in [5.41, 5.74) is -0.565. The van der Waals surface area contributed by atoms with Crippen molar-refractivity contribution in [3.63, 3.8) is 0 Å². The van der Waals surface area contributed by atoms with Gasteiger partial charge in [0.05, 0.1) is 17.7 Å². The summed E-state index contributed by atoms with van der Waals surface area (Å²) in [5, 5.41) is 31.2. The number of hydrogen-bond donors (Lipinski definition) is 4. The molecule has 0 aromatic heterocycles. The molecule has 4 N–H and O–H groups in total. The molecule has 18 heavy (non-hydrogen) atoms. The van der Waals surface area contributed by atoms with Gasteiger partial charge in [-0.05, 0) is 25.0 Å². The van der Waals surface area contributed by atoms with Crippen LogP contribution in [0, 0.1) is 0 Å². The fourth-order valence-electron chi connectivity index (χ4n) is 2.40. The van der Waals surface area contributed by atoms with Gasteiger partial charge in [-0.1, -0.05) is 18.9 Å². The molecule has 5 nitrogen and oxygen atoms in total. The van der Waals surface area contributed by atoms with Crippen LogP contribution in [-0.2, 0) is 0 Å². The van der Waals surface area contributed by atoms with Crippen LogP contribution in [-0.4, -0.2) is 33.4 Å². The first-order valence-corrected chi connectivity index (χ1v) is 6.02. The minimum absolute atomic E-state index is 0.0229. The molecular formula is C13H17NO4. The molecule has 2 rings (SSSR count). The van der Waals surface area contributed by atoms with Gasteiger partial charge < -0.3 is 20.6 Å². The molecule has 0 atom stereocenters. The molecule has 1 aromatic rings.